The third kappa shape index (κ3) is 1.94. The Morgan fingerprint density at radius 1 is 1.40 bits per heavy atom. The van der Waals surface area contributed by atoms with Gasteiger partial charge >= 0.3 is 0 Å². The van der Waals surface area contributed by atoms with E-state index in [0.29, 0.717) is 12.3 Å². The molecule has 0 aromatic heterocycles. The van der Waals surface area contributed by atoms with Crippen molar-refractivity contribution in [2.75, 3.05) is 6.67 Å². The maximum absolute atomic E-state index is 11.7. The summed E-state index contributed by atoms with van der Waals surface area (Å²) in [7, 11) is 0. The lowest BCUT2D eigenvalue weighted by Crippen LogP contribution is -2.12. The van der Waals surface area contributed by atoms with E-state index < -0.39 is 0 Å². The number of alkyl halides is 1. The average Bonchev–Trinajstić information content (AvgIpc) is 2.31. The Kier molecular flexibility index (Phi) is 3.13. The summed E-state index contributed by atoms with van der Waals surface area (Å²) in [5.41, 5.74) is 0. The van der Waals surface area contributed by atoms with E-state index in [9.17, 15) is 9.50 Å². The molecule has 2 atom stereocenters. The second-order valence-corrected chi connectivity index (χ2v) is 3.09. The molecular weight excluding hydrogens is 131 g/mol. The second-order valence-electron chi connectivity index (χ2n) is 3.09. The second kappa shape index (κ2) is 3.91. The van der Waals surface area contributed by atoms with E-state index >= 15 is 0 Å². The van der Waals surface area contributed by atoms with Gasteiger partial charge in [0.25, 0.3) is 0 Å². The van der Waals surface area contributed by atoms with Crippen LogP contribution < -0.4 is 0 Å². The first kappa shape index (κ1) is 7.99. The molecule has 1 aliphatic rings. The zero-order chi connectivity index (χ0) is 7.40. The molecular formula is C8H15FO. The van der Waals surface area contributed by atoms with Gasteiger partial charge in [0.1, 0.15) is 0 Å². The van der Waals surface area contributed by atoms with E-state index in [4.69, 9.17) is 0 Å². The third-order valence-corrected chi connectivity index (χ3v) is 2.33. The largest absolute Gasteiger partial charge is 0.393 e. The maximum atomic E-state index is 11.7. The molecule has 1 saturated carbocycles. The Morgan fingerprint density at radius 3 is 2.70 bits per heavy atom. The molecule has 1 rings (SSSR count). The highest BCUT2D eigenvalue weighted by Gasteiger charge is 2.23. The summed E-state index contributed by atoms with van der Waals surface area (Å²) in [5.74, 6) is 0.399. The SMILES string of the molecule is OC1CCCC1CCCF. The average molecular weight is 146 g/mol. The van der Waals surface area contributed by atoms with Crippen LogP contribution in [0, 0.1) is 5.92 Å². The zero-order valence-electron chi connectivity index (χ0n) is 6.22. The quantitative estimate of drug-likeness (QED) is 0.644. The highest BCUT2D eigenvalue weighted by molar-refractivity contribution is 4.75. The van der Waals surface area contributed by atoms with Gasteiger partial charge in [-0.2, -0.15) is 0 Å². The normalized spacial score (nSPS) is 33.0. The molecule has 0 aromatic rings. The monoisotopic (exact) mass is 146 g/mol. The van der Waals surface area contributed by atoms with Gasteiger partial charge in [0.05, 0.1) is 12.8 Å². The van der Waals surface area contributed by atoms with Gasteiger partial charge in [-0.1, -0.05) is 6.42 Å². The third-order valence-electron chi connectivity index (χ3n) is 2.33. The van der Waals surface area contributed by atoms with Crippen molar-refractivity contribution in [1.82, 2.24) is 0 Å². The number of hydrogen-bond acceptors (Lipinski definition) is 1. The van der Waals surface area contributed by atoms with Crippen LogP contribution in [0.4, 0.5) is 4.39 Å². The van der Waals surface area contributed by atoms with Gasteiger partial charge in [-0.25, -0.2) is 0 Å². The minimum Gasteiger partial charge on any atom is -0.393 e. The van der Waals surface area contributed by atoms with E-state index in [1.807, 2.05) is 0 Å². The van der Waals surface area contributed by atoms with Gasteiger partial charge in [-0.3, -0.25) is 4.39 Å². The van der Waals surface area contributed by atoms with E-state index in [-0.39, 0.29) is 12.8 Å². The number of hydrogen-bond donors (Lipinski definition) is 1. The lowest BCUT2D eigenvalue weighted by atomic mass is 10.0. The van der Waals surface area contributed by atoms with Crippen molar-refractivity contribution in [3.8, 4) is 0 Å². The number of rotatable bonds is 3. The summed E-state index contributed by atoms with van der Waals surface area (Å²) in [6, 6.07) is 0. The fraction of sp³-hybridized carbons (Fsp3) is 1.00. The number of aliphatic hydroxyl groups is 1. The smallest absolute Gasteiger partial charge is 0.0894 e. The molecule has 60 valence electrons. The van der Waals surface area contributed by atoms with Crippen LogP contribution in [-0.4, -0.2) is 17.9 Å². The molecule has 2 heteroatoms. The lowest BCUT2D eigenvalue weighted by Gasteiger charge is -2.11. The Bertz CT molecular complexity index is 95.3. The molecule has 1 aliphatic carbocycles. The topological polar surface area (TPSA) is 20.2 Å². The lowest BCUT2D eigenvalue weighted by molar-refractivity contribution is 0.125. The first-order chi connectivity index (χ1) is 4.84. The molecule has 0 spiro atoms. The first-order valence-corrected chi connectivity index (χ1v) is 4.08. The molecule has 0 saturated heterocycles. The van der Waals surface area contributed by atoms with Crippen LogP contribution in [-0.2, 0) is 0 Å². The van der Waals surface area contributed by atoms with Gasteiger partial charge in [0.15, 0.2) is 0 Å². The minimum atomic E-state index is -0.233. The predicted octanol–water partition coefficient (Wildman–Crippen LogP) is 1.90. The van der Waals surface area contributed by atoms with Crippen molar-refractivity contribution in [3.63, 3.8) is 0 Å². The summed E-state index contributed by atoms with van der Waals surface area (Å²) in [6.07, 6.45) is 4.52. The number of halogens is 1. The highest BCUT2D eigenvalue weighted by atomic mass is 19.1. The molecule has 0 radical (unpaired) electrons. The summed E-state index contributed by atoms with van der Waals surface area (Å²) in [4.78, 5) is 0. The van der Waals surface area contributed by atoms with Crippen LogP contribution in [0.3, 0.4) is 0 Å². The van der Waals surface area contributed by atoms with Gasteiger partial charge in [-0.15, -0.1) is 0 Å². The molecule has 10 heavy (non-hydrogen) atoms. The van der Waals surface area contributed by atoms with Crippen molar-refractivity contribution >= 4 is 0 Å². The standard InChI is InChI=1S/C8H15FO/c9-6-2-4-7-3-1-5-8(7)10/h7-8,10H,1-6H2. The predicted molar refractivity (Wildman–Crippen MR) is 38.6 cm³/mol. The van der Waals surface area contributed by atoms with Crippen molar-refractivity contribution in [2.24, 2.45) is 5.92 Å². The van der Waals surface area contributed by atoms with Crippen molar-refractivity contribution < 1.29 is 9.50 Å². The van der Waals surface area contributed by atoms with Gasteiger partial charge in [0, 0.05) is 0 Å². The van der Waals surface area contributed by atoms with Crippen LogP contribution in [0.15, 0.2) is 0 Å². The highest BCUT2D eigenvalue weighted by Crippen LogP contribution is 2.28. The van der Waals surface area contributed by atoms with Gasteiger partial charge in [0.2, 0.25) is 0 Å². The summed E-state index contributed by atoms with van der Waals surface area (Å²) in [5, 5.41) is 9.29. The van der Waals surface area contributed by atoms with Crippen LogP contribution in [0.2, 0.25) is 0 Å². The summed E-state index contributed by atoms with van der Waals surface area (Å²) >= 11 is 0. The number of aliphatic hydroxyl groups excluding tert-OH is 1. The Morgan fingerprint density at radius 2 is 2.20 bits per heavy atom. The van der Waals surface area contributed by atoms with Crippen LogP contribution >= 0.6 is 0 Å². The Balaban J connectivity index is 2.14. The molecule has 0 amide bonds. The fourth-order valence-corrected chi connectivity index (χ4v) is 1.69. The van der Waals surface area contributed by atoms with Crippen LogP contribution in [0.25, 0.3) is 0 Å². The van der Waals surface area contributed by atoms with Gasteiger partial charge in [-0.05, 0) is 31.6 Å². The Hall–Kier alpha value is -0.110. The molecule has 0 bridgehead atoms. The van der Waals surface area contributed by atoms with E-state index in [0.717, 1.165) is 25.7 Å². The summed E-state index contributed by atoms with van der Waals surface area (Å²) < 4.78 is 11.7. The first-order valence-electron chi connectivity index (χ1n) is 4.08. The van der Waals surface area contributed by atoms with E-state index in [1.165, 1.54) is 0 Å². The van der Waals surface area contributed by atoms with Crippen LogP contribution in [0.5, 0.6) is 0 Å². The molecule has 1 nitrogen and oxygen atoms in total. The Labute approximate surface area is 61.2 Å². The maximum Gasteiger partial charge on any atom is 0.0894 e. The fourth-order valence-electron chi connectivity index (χ4n) is 1.69. The molecule has 2 unspecified atom stereocenters. The van der Waals surface area contributed by atoms with Crippen molar-refractivity contribution in [1.29, 1.82) is 0 Å². The van der Waals surface area contributed by atoms with Crippen molar-refractivity contribution in [2.45, 2.75) is 38.2 Å². The molecule has 0 heterocycles. The molecule has 1 N–H and O–H groups in total. The molecule has 0 aliphatic heterocycles. The molecule has 1 fully saturated rings. The minimum absolute atomic E-state index is 0.133. The zero-order valence-corrected chi connectivity index (χ0v) is 6.22. The van der Waals surface area contributed by atoms with E-state index in [2.05, 4.69) is 0 Å². The van der Waals surface area contributed by atoms with Crippen LogP contribution in [0.1, 0.15) is 32.1 Å². The van der Waals surface area contributed by atoms with E-state index in [1.54, 1.807) is 0 Å². The van der Waals surface area contributed by atoms with Gasteiger partial charge < -0.3 is 5.11 Å². The summed E-state index contributed by atoms with van der Waals surface area (Å²) in [6.45, 7) is -0.233. The molecule has 0 aromatic carbocycles. The van der Waals surface area contributed by atoms with Crippen molar-refractivity contribution in [3.05, 3.63) is 0 Å².